The summed E-state index contributed by atoms with van der Waals surface area (Å²) in [7, 11) is 1.43. The van der Waals surface area contributed by atoms with Crippen molar-refractivity contribution < 1.29 is 23.5 Å². The minimum Gasteiger partial charge on any atom is -0.453 e. The largest absolute Gasteiger partial charge is 0.453 e. The molecule has 4 atom stereocenters. The molecule has 5 rings (SSSR count). The summed E-state index contributed by atoms with van der Waals surface area (Å²) < 4.78 is 27.0. The van der Waals surface area contributed by atoms with Crippen LogP contribution in [0.15, 0.2) is 24.3 Å². The molecule has 3 aliphatic heterocycles. The smallest absolute Gasteiger partial charge is 0.409 e. The van der Waals surface area contributed by atoms with E-state index in [9.17, 15) is 14.0 Å². The lowest BCUT2D eigenvalue weighted by atomic mass is 9.95. The number of carbonyl (C=O) groups is 2. The molecule has 2 amide bonds. The Labute approximate surface area is 236 Å². The van der Waals surface area contributed by atoms with Gasteiger partial charge in [0.1, 0.15) is 17.2 Å². The van der Waals surface area contributed by atoms with Crippen molar-refractivity contribution >= 4 is 12.2 Å². The fourth-order valence-electron chi connectivity index (χ4n) is 6.88. The van der Waals surface area contributed by atoms with Gasteiger partial charge in [0.25, 0.3) is 0 Å². The van der Waals surface area contributed by atoms with Crippen molar-refractivity contribution in [1.82, 2.24) is 24.7 Å². The highest BCUT2D eigenvalue weighted by atomic mass is 19.1. The van der Waals surface area contributed by atoms with Gasteiger partial charge < -0.3 is 24.3 Å². The third-order valence-electron chi connectivity index (χ3n) is 8.50. The molecule has 1 aromatic heterocycles. The predicted molar refractivity (Wildman–Crippen MR) is 148 cm³/mol. The van der Waals surface area contributed by atoms with E-state index >= 15 is 0 Å². The number of aromatic nitrogens is 2. The molecule has 9 nitrogen and oxygen atoms in total. The van der Waals surface area contributed by atoms with E-state index < -0.39 is 11.7 Å². The van der Waals surface area contributed by atoms with Gasteiger partial charge in [-0.15, -0.1) is 0 Å². The SMILES string of the molecule is COC(=O)N1CCc2nc(C)n(C3C[C@H]4CC[C@@H](C3)N4CC[C@H](NC(=O)OC(C)(C)C)c3cccc(F)c3)c2C1. The highest BCUT2D eigenvalue weighted by molar-refractivity contribution is 5.68. The summed E-state index contributed by atoms with van der Waals surface area (Å²) in [5, 5.41) is 2.99. The Kier molecular flexibility index (Phi) is 8.08. The van der Waals surface area contributed by atoms with Gasteiger partial charge in [0.2, 0.25) is 0 Å². The van der Waals surface area contributed by atoms with E-state index in [0.717, 1.165) is 61.4 Å². The fourth-order valence-corrected chi connectivity index (χ4v) is 6.88. The summed E-state index contributed by atoms with van der Waals surface area (Å²) in [6.07, 6.45) is 4.92. The van der Waals surface area contributed by atoms with Gasteiger partial charge in [-0.25, -0.2) is 19.0 Å². The highest BCUT2D eigenvalue weighted by Gasteiger charge is 2.42. The molecule has 0 saturated carbocycles. The summed E-state index contributed by atoms with van der Waals surface area (Å²) in [4.78, 5) is 34.1. The van der Waals surface area contributed by atoms with Crippen molar-refractivity contribution in [3.8, 4) is 0 Å². The number of nitrogens with zero attached hydrogens (tertiary/aromatic N) is 4. The monoisotopic (exact) mass is 555 g/mol. The summed E-state index contributed by atoms with van der Waals surface area (Å²) in [6.45, 7) is 9.53. The van der Waals surface area contributed by atoms with Crippen molar-refractivity contribution in [3.05, 3.63) is 52.9 Å². The average Bonchev–Trinajstić information content (AvgIpc) is 3.34. The van der Waals surface area contributed by atoms with Gasteiger partial charge in [0.05, 0.1) is 31.1 Å². The molecule has 2 aromatic rings. The van der Waals surface area contributed by atoms with E-state index in [4.69, 9.17) is 14.5 Å². The van der Waals surface area contributed by atoms with Crippen LogP contribution in [0.25, 0.3) is 0 Å². The number of halogens is 1. The maximum atomic E-state index is 14.1. The molecule has 2 fully saturated rings. The zero-order valence-corrected chi connectivity index (χ0v) is 24.3. The minimum absolute atomic E-state index is 0.293. The van der Waals surface area contributed by atoms with Crippen molar-refractivity contribution in [2.45, 2.75) is 103 Å². The van der Waals surface area contributed by atoms with Gasteiger partial charge in [-0.1, -0.05) is 12.1 Å². The number of imidazole rings is 1. The van der Waals surface area contributed by atoms with Gasteiger partial charge in [0, 0.05) is 37.6 Å². The minimum atomic E-state index is -0.615. The number of rotatable bonds is 6. The number of methoxy groups -OCH3 is 1. The number of carbonyl (C=O) groups excluding carboxylic acids is 2. The lowest BCUT2D eigenvalue weighted by Gasteiger charge is -2.41. The van der Waals surface area contributed by atoms with Crippen LogP contribution >= 0.6 is 0 Å². The molecular formula is C30H42FN5O4. The summed E-state index contributed by atoms with van der Waals surface area (Å²) in [5.41, 5.74) is 2.36. The Hall–Kier alpha value is -3.14. The van der Waals surface area contributed by atoms with Crippen LogP contribution in [0.4, 0.5) is 14.0 Å². The predicted octanol–water partition coefficient (Wildman–Crippen LogP) is 5.28. The number of amides is 2. The number of hydrogen-bond acceptors (Lipinski definition) is 6. The van der Waals surface area contributed by atoms with Gasteiger partial charge in [-0.2, -0.15) is 0 Å². The Balaban J connectivity index is 1.28. The van der Waals surface area contributed by atoms with Crippen molar-refractivity contribution in [2.75, 3.05) is 20.2 Å². The van der Waals surface area contributed by atoms with Crippen LogP contribution in [0, 0.1) is 12.7 Å². The highest BCUT2D eigenvalue weighted by Crippen LogP contribution is 2.43. The molecule has 218 valence electrons. The van der Waals surface area contributed by atoms with Crippen LogP contribution in [-0.4, -0.2) is 69.4 Å². The maximum absolute atomic E-state index is 14.1. The number of benzene rings is 1. The van der Waals surface area contributed by atoms with Crippen LogP contribution < -0.4 is 5.32 Å². The molecule has 0 radical (unpaired) electrons. The van der Waals surface area contributed by atoms with Gasteiger partial charge in [-0.05, 0) is 77.5 Å². The maximum Gasteiger partial charge on any atom is 0.409 e. The zero-order chi connectivity index (χ0) is 28.6. The van der Waals surface area contributed by atoms with Crippen LogP contribution in [-0.2, 0) is 22.4 Å². The molecule has 0 spiro atoms. The average molecular weight is 556 g/mol. The molecule has 1 aromatic carbocycles. The Morgan fingerprint density at radius 3 is 2.55 bits per heavy atom. The first-order valence-corrected chi connectivity index (χ1v) is 14.4. The van der Waals surface area contributed by atoms with Crippen molar-refractivity contribution in [1.29, 1.82) is 0 Å². The first-order chi connectivity index (χ1) is 19.0. The second-order valence-electron chi connectivity index (χ2n) is 12.4. The van der Waals surface area contributed by atoms with Crippen LogP contribution in [0.3, 0.4) is 0 Å². The number of fused-ring (bicyclic) bond motifs is 3. The Bertz CT molecular complexity index is 1230. The van der Waals surface area contributed by atoms with E-state index in [1.165, 1.54) is 19.2 Å². The van der Waals surface area contributed by atoms with E-state index in [1.54, 1.807) is 11.0 Å². The molecule has 4 heterocycles. The van der Waals surface area contributed by atoms with Crippen molar-refractivity contribution in [3.63, 3.8) is 0 Å². The first kappa shape index (κ1) is 28.4. The summed E-state index contributed by atoms with van der Waals surface area (Å²) in [6, 6.07) is 7.28. The molecule has 3 aliphatic rings. The molecule has 1 unspecified atom stereocenters. The Morgan fingerprint density at radius 2 is 1.90 bits per heavy atom. The number of aryl methyl sites for hydroxylation is 1. The van der Waals surface area contributed by atoms with Crippen LogP contribution in [0.5, 0.6) is 0 Å². The van der Waals surface area contributed by atoms with Crippen LogP contribution in [0.2, 0.25) is 0 Å². The van der Waals surface area contributed by atoms with Gasteiger partial charge >= 0.3 is 12.2 Å². The number of hydrogen-bond donors (Lipinski definition) is 1. The van der Waals surface area contributed by atoms with E-state index in [-0.39, 0.29) is 18.0 Å². The lowest BCUT2D eigenvalue weighted by Crippen LogP contribution is -2.45. The summed E-state index contributed by atoms with van der Waals surface area (Å²) in [5.74, 6) is 0.696. The van der Waals surface area contributed by atoms with Crippen LogP contribution in [0.1, 0.15) is 87.7 Å². The fraction of sp³-hybridized carbons (Fsp3) is 0.633. The van der Waals surface area contributed by atoms with E-state index in [2.05, 4.69) is 21.7 Å². The zero-order valence-electron chi connectivity index (χ0n) is 24.3. The molecule has 2 saturated heterocycles. The molecule has 0 aliphatic carbocycles. The number of piperidine rings is 1. The lowest BCUT2D eigenvalue weighted by molar-refractivity contribution is 0.0488. The molecule has 40 heavy (non-hydrogen) atoms. The quantitative estimate of drug-likeness (QED) is 0.522. The summed E-state index contributed by atoms with van der Waals surface area (Å²) >= 11 is 0. The third kappa shape index (κ3) is 6.11. The van der Waals surface area contributed by atoms with Gasteiger partial charge in [-0.3, -0.25) is 4.90 Å². The molecule has 2 bridgehead atoms. The first-order valence-electron chi connectivity index (χ1n) is 14.4. The molecule has 10 heteroatoms. The number of alkyl carbamates (subject to hydrolysis) is 1. The van der Waals surface area contributed by atoms with E-state index in [1.807, 2.05) is 26.8 Å². The Morgan fingerprint density at radius 1 is 1.18 bits per heavy atom. The topological polar surface area (TPSA) is 88.9 Å². The second kappa shape index (κ2) is 11.4. The molecular weight excluding hydrogens is 513 g/mol. The molecule has 1 N–H and O–H groups in total. The standard InChI is InChI=1S/C30H42FN5O4/c1-19-32-26-11-13-34(29(38)39-5)18-27(26)36(19)24-16-22-9-10-23(17-24)35(22)14-12-25(20-7-6-8-21(31)15-20)33-28(37)40-30(2,3)4/h6-8,15,22-25H,9-14,16-18H2,1-5H3,(H,33,37)/t22-,23+,24?,25-/m0/s1. The normalized spacial score (nSPS) is 23.4. The number of nitrogens with one attached hydrogen (secondary N) is 1. The van der Waals surface area contributed by atoms with Gasteiger partial charge in [0.15, 0.2) is 0 Å². The second-order valence-corrected chi connectivity index (χ2v) is 12.4. The van der Waals surface area contributed by atoms with E-state index in [0.29, 0.717) is 37.6 Å². The van der Waals surface area contributed by atoms with Crippen molar-refractivity contribution in [2.24, 2.45) is 0 Å². The number of ether oxygens (including phenoxy) is 2. The third-order valence-corrected chi connectivity index (χ3v) is 8.50.